The predicted octanol–water partition coefficient (Wildman–Crippen LogP) is 1.15. The lowest BCUT2D eigenvalue weighted by Crippen LogP contribution is -2.53. The van der Waals surface area contributed by atoms with Crippen molar-refractivity contribution >= 4 is 29.3 Å². The molecule has 4 amide bonds. The van der Waals surface area contributed by atoms with Gasteiger partial charge in [-0.2, -0.15) is 0 Å². The summed E-state index contributed by atoms with van der Waals surface area (Å²) in [5.74, 6) is -5.37. The molecule has 4 N–H and O–H groups in total. The van der Waals surface area contributed by atoms with Gasteiger partial charge in [0.1, 0.15) is 17.2 Å². The number of fused-ring (bicyclic) bond motifs is 4. The van der Waals surface area contributed by atoms with Gasteiger partial charge < -0.3 is 11.1 Å². The zero-order valence-electron chi connectivity index (χ0n) is 17.3. The highest BCUT2D eigenvalue weighted by atomic mass is 19.1. The maximum atomic E-state index is 14.2. The normalized spacial score (nSPS) is 27.8. The van der Waals surface area contributed by atoms with E-state index < -0.39 is 58.7 Å². The summed E-state index contributed by atoms with van der Waals surface area (Å²) in [6.07, 6.45) is 0.0631. The number of rotatable bonds is 5. The van der Waals surface area contributed by atoms with Crippen molar-refractivity contribution in [2.45, 2.75) is 31.0 Å². The first-order valence-electron chi connectivity index (χ1n) is 10.5. The molecule has 170 valence electrons. The molecule has 8 nitrogen and oxygen atoms in total. The van der Waals surface area contributed by atoms with Crippen molar-refractivity contribution in [2.75, 3.05) is 5.32 Å². The molecule has 2 aromatic carbocycles. The average Bonchev–Trinajstić information content (AvgIpc) is 3.34. The molecule has 0 aromatic heterocycles. The van der Waals surface area contributed by atoms with Crippen LogP contribution in [0, 0.1) is 23.5 Å². The molecule has 0 radical (unpaired) electrons. The summed E-state index contributed by atoms with van der Waals surface area (Å²) >= 11 is 0. The fourth-order valence-electron chi connectivity index (χ4n) is 5.31. The monoisotopic (exact) mass is 454 g/mol. The van der Waals surface area contributed by atoms with Gasteiger partial charge in [-0.1, -0.05) is 12.1 Å². The largest absolute Gasteiger partial charge is 0.370 e. The third-order valence-corrected chi connectivity index (χ3v) is 6.72. The Morgan fingerprint density at radius 3 is 2.42 bits per heavy atom. The van der Waals surface area contributed by atoms with Gasteiger partial charge in [0.15, 0.2) is 0 Å². The number of amides is 4. The molecule has 2 aromatic rings. The number of nitrogens with zero attached hydrogens (tertiary/aromatic N) is 1. The predicted molar refractivity (Wildman–Crippen MR) is 111 cm³/mol. The third kappa shape index (κ3) is 3.12. The van der Waals surface area contributed by atoms with Crippen molar-refractivity contribution in [3.8, 4) is 0 Å². The second kappa shape index (κ2) is 7.45. The van der Waals surface area contributed by atoms with Gasteiger partial charge in [-0.3, -0.25) is 29.4 Å². The van der Waals surface area contributed by atoms with Crippen LogP contribution in [-0.2, 0) is 31.3 Å². The van der Waals surface area contributed by atoms with Gasteiger partial charge in [-0.15, -0.1) is 0 Å². The van der Waals surface area contributed by atoms with Crippen LogP contribution in [0.4, 0.5) is 14.5 Å². The van der Waals surface area contributed by atoms with Crippen molar-refractivity contribution < 1.29 is 28.0 Å². The molecule has 4 atom stereocenters. The van der Waals surface area contributed by atoms with Crippen LogP contribution >= 0.6 is 0 Å². The Morgan fingerprint density at radius 2 is 1.73 bits per heavy atom. The highest BCUT2D eigenvalue weighted by molar-refractivity contribution is 6.15. The number of carbonyl (C=O) groups excluding carboxylic acids is 4. The number of nitrogens with two attached hydrogens (primary N) is 1. The van der Waals surface area contributed by atoms with E-state index in [4.69, 9.17) is 5.73 Å². The molecule has 5 rings (SSSR count). The number of hydrogen-bond acceptors (Lipinski definition) is 5. The van der Waals surface area contributed by atoms with Crippen LogP contribution in [0.15, 0.2) is 42.5 Å². The topological polar surface area (TPSA) is 122 Å². The quantitative estimate of drug-likeness (QED) is 0.586. The summed E-state index contributed by atoms with van der Waals surface area (Å²) in [7, 11) is 0. The van der Waals surface area contributed by atoms with E-state index in [2.05, 4.69) is 10.6 Å². The van der Waals surface area contributed by atoms with Crippen LogP contribution in [0.5, 0.6) is 0 Å². The van der Waals surface area contributed by atoms with E-state index in [-0.39, 0.29) is 24.9 Å². The highest BCUT2D eigenvalue weighted by Gasteiger charge is 2.70. The standard InChI is InChI=1S/C23H20F2N4O4/c24-12-3-1-11(2-4-12)10-29-20(31)18-16(7-8-17(26)30)28-23(19(18)21(29)32)14-9-13(25)5-6-15(14)27-22(23)33/h1-6,9,16,18-19,28H,7-8,10H2,(H2,26,30)(H,27,33)/t16-,18-,19+,23-/m1/s1. The van der Waals surface area contributed by atoms with Crippen LogP contribution in [0.25, 0.3) is 0 Å². The van der Waals surface area contributed by atoms with Gasteiger partial charge in [-0.25, -0.2) is 8.78 Å². The fourth-order valence-corrected chi connectivity index (χ4v) is 5.31. The molecule has 3 heterocycles. The molecule has 3 aliphatic heterocycles. The first-order valence-corrected chi connectivity index (χ1v) is 10.5. The molecular weight excluding hydrogens is 434 g/mol. The molecule has 10 heteroatoms. The zero-order valence-corrected chi connectivity index (χ0v) is 17.3. The summed E-state index contributed by atoms with van der Waals surface area (Å²) < 4.78 is 27.5. The van der Waals surface area contributed by atoms with E-state index in [1.807, 2.05) is 0 Å². The lowest BCUT2D eigenvalue weighted by atomic mass is 9.76. The number of nitrogens with one attached hydrogen (secondary N) is 2. The van der Waals surface area contributed by atoms with E-state index >= 15 is 0 Å². The van der Waals surface area contributed by atoms with Crippen LogP contribution in [0.2, 0.25) is 0 Å². The second-order valence-electron chi connectivity index (χ2n) is 8.60. The summed E-state index contributed by atoms with van der Waals surface area (Å²) in [5, 5.41) is 5.78. The van der Waals surface area contributed by atoms with Crippen LogP contribution in [-0.4, -0.2) is 34.6 Å². The molecule has 0 bridgehead atoms. The van der Waals surface area contributed by atoms with E-state index in [9.17, 15) is 28.0 Å². The molecule has 0 aliphatic carbocycles. The first-order chi connectivity index (χ1) is 15.7. The van der Waals surface area contributed by atoms with E-state index in [0.29, 0.717) is 11.3 Å². The second-order valence-corrected chi connectivity index (χ2v) is 8.60. The Morgan fingerprint density at radius 1 is 1.03 bits per heavy atom. The minimum atomic E-state index is -1.66. The minimum absolute atomic E-state index is 0.0615. The van der Waals surface area contributed by atoms with Gasteiger partial charge in [0.2, 0.25) is 23.6 Å². The Hall–Kier alpha value is -3.66. The van der Waals surface area contributed by atoms with Crippen LogP contribution in [0.1, 0.15) is 24.0 Å². The smallest absolute Gasteiger partial charge is 0.250 e. The summed E-state index contributed by atoms with van der Waals surface area (Å²) in [6.45, 7) is -0.0960. The minimum Gasteiger partial charge on any atom is -0.370 e. The maximum Gasteiger partial charge on any atom is 0.250 e. The number of halogens is 2. The number of primary amides is 1. The number of benzene rings is 2. The summed E-state index contributed by atoms with van der Waals surface area (Å²) in [4.78, 5) is 52.7. The third-order valence-electron chi connectivity index (χ3n) is 6.72. The zero-order chi connectivity index (χ0) is 23.5. The fraction of sp³-hybridized carbons (Fsp3) is 0.304. The Balaban J connectivity index is 1.58. The lowest BCUT2D eigenvalue weighted by molar-refractivity contribution is -0.143. The lowest BCUT2D eigenvalue weighted by Gasteiger charge is -2.29. The van der Waals surface area contributed by atoms with Crippen molar-refractivity contribution in [2.24, 2.45) is 17.6 Å². The van der Waals surface area contributed by atoms with Gasteiger partial charge in [0, 0.05) is 23.7 Å². The molecule has 2 fully saturated rings. The number of hydrogen-bond donors (Lipinski definition) is 3. The molecule has 3 aliphatic rings. The number of likely N-dealkylation sites (tertiary alicyclic amines) is 1. The Bertz CT molecular complexity index is 1200. The molecule has 2 saturated heterocycles. The van der Waals surface area contributed by atoms with E-state index in [1.54, 1.807) is 0 Å². The average molecular weight is 454 g/mol. The molecule has 0 saturated carbocycles. The number of imide groups is 1. The van der Waals surface area contributed by atoms with E-state index in [1.165, 1.54) is 42.5 Å². The Labute approximate surface area is 187 Å². The number of anilines is 1. The first kappa shape index (κ1) is 21.2. The highest BCUT2D eigenvalue weighted by Crippen LogP contribution is 2.53. The molecule has 1 spiro atoms. The summed E-state index contributed by atoms with van der Waals surface area (Å²) in [6, 6.07) is 8.45. The maximum absolute atomic E-state index is 14.2. The van der Waals surface area contributed by atoms with Crippen molar-refractivity contribution in [3.05, 3.63) is 65.2 Å². The number of carbonyl (C=O) groups is 4. The van der Waals surface area contributed by atoms with Crippen LogP contribution < -0.4 is 16.4 Å². The van der Waals surface area contributed by atoms with Crippen molar-refractivity contribution in [1.82, 2.24) is 10.2 Å². The van der Waals surface area contributed by atoms with Gasteiger partial charge in [0.25, 0.3) is 0 Å². The SMILES string of the molecule is NC(=O)CC[C@H]1N[C@@]2(C(=O)Nc3ccc(F)cc32)[C@@H]2C(=O)N(Cc3ccc(F)cc3)C(=O)[C@@H]21. The molecular formula is C23H20F2N4O4. The van der Waals surface area contributed by atoms with Gasteiger partial charge in [0.05, 0.1) is 18.4 Å². The van der Waals surface area contributed by atoms with Crippen LogP contribution in [0.3, 0.4) is 0 Å². The summed E-state index contributed by atoms with van der Waals surface area (Å²) in [5.41, 5.74) is 4.76. The molecule has 33 heavy (non-hydrogen) atoms. The molecule has 0 unspecified atom stereocenters. The van der Waals surface area contributed by atoms with Crippen molar-refractivity contribution in [1.29, 1.82) is 0 Å². The van der Waals surface area contributed by atoms with Gasteiger partial charge in [-0.05, 0) is 42.3 Å². The van der Waals surface area contributed by atoms with E-state index in [0.717, 1.165) is 4.90 Å². The van der Waals surface area contributed by atoms with Crippen molar-refractivity contribution in [3.63, 3.8) is 0 Å². The van der Waals surface area contributed by atoms with Gasteiger partial charge >= 0.3 is 0 Å². The Kier molecular flexibility index (Phi) is 4.78.